The van der Waals surface area contributed by atoms with Crippen LogP contribution in [0.1, 0.15) is 42.1 Å². The number of ether oxygens (including phenoxy) is 1. The SMILES string of the molecule is CCOc1nc2c(c(NC3Cc4ccccc4C3)n1)CCCC2. The molecule has 0 atom stereocenters. The van der Waals surface area contributed by atoms with E-state index in [9.17, 15) is 0 Å². The molecule has 4 rings (SSSR count). The lowest BCUT2D eigenvalue weighted by molar-refractivity contribution is 0.310. The van der Waals surface area contributed by atoms with E-state index in [0.717, 1.165) is 31.5 Å². The van der Waals surface area contributed by atoms with E-state index in [0.29, 0.717) is 18.7 Å². The summed E-state index contributed by atoms with van der Waals surface area (Å²) in [6.45, 7) is 2.58. The summed E-state index contributed by atoms with van der Waals surface area (Å²) in [6, 6.07) is 9.66. The third kappa shape index (κ3) is 2.90. The number of nitrogens with zero attached hydrogens (tertiary/aromatic N) is 2. The summed E-state index contributed by atoms with van der Waals surface area (Å²) in [5.41, 5.74) is 5.39. The van der Waals surface area contributed by atoms with Crippen LogP contribution in [0.3, 0.4) is 0 Å². The van der Waals surface area contributed by atoms with Crippen LogP contribution in [0.25, 0.3) is 0 Å². The second-order valence-corrected chi connectivity index (χ2v) is 6.44. The molecule has 1 aromatic carbocycles. The van der Waals surface area contributed by atoms with Crippen molar-refractivity contribution >= 4 is 5.82 Å². The highest BCUT2D eigenvalue weighted by Gasteiger charge is 2.24. The van der Waals surface area contributed by atoms with Crippen molar-refractivity contribution in [1.82, 2.24) is 9.97 Å². The van der Waals surface area contributed by atoms with Crippen LogP contribution in [0.5, 0.6) is 6.01 Å². The van der Waals surface area contributed by atoms with Gasteiger partial charge in [0.1, 0.15) is 5.82 Å². The Bertz CT molecular complexity index is 689. The number of hydrogen-bond donors (Lipinski definition) is 1. The molecule has 0 unspecified atom stereocenters. The molecular formula is C19H23N3O. The van der Waals surface area contributed by atoms with E-state index in [-0.39, 0.29) is 0 Å². The van der Waals surface area contributed by atoms with Crippen molar-refractivity contribution in [2.24, 2.45) is 0 Å². The first-order chi connectivity index (χ1) is 11.3. The van der Waals surface area contributed by atoms with Crippen LogP contribution in [0.15, 0.2) is 24.3 Å². The molecule has 0 saturated carbocycles. The van der Waals surface area contributed by atoms with Gasteiger partial charge in [0.05, 0.1) is 12.3 Å². The summed E-state index contributed by atoms with van der Waals surface area (Å²) >= 11 is 0. The van der Waals surface area contributed by atoms with Crippen LogP contribution < -0.4 is 10.1 Å². The summed E-state index contributed by atoms with van der Waals surface area (Å²) in [5.74, 6) is 0.996. The lowest BCUT2D eigenvalue weighted by Crippen LogP contribution is -2.23. The van der Waals surface area contributed by atoms with Crippen LogP contribution in [0.4, 0.5) is 5.82 Å². The fraction of sp³-hybridized carbons (Fsp3) is 0.474. The maximum Gasteiger partial charge on any atom is 0.318 e. The summed E-state index contributed by atoms with van der Waals surface area (Å²) in [4.78, 5) is 9.26. The highest BCUT2D eigenvalue weighted by atomic mass is 16.5. The molecule has 1 aromatic heterocycles. The van der Waals surface area contributed by atoms with Gasteiger partial charge in [0.15, 0.2) is 0 Å². The minimum atomic E-state index is 0.419. The molecule has 0 radical (unpaired) electrons. The monoisotopic (exact) mass is 309 g/mol. The largest absolute Gasteiger partial charge is 0.464 e. The Kier molecular flexibility index (Phi) is 3.90. The Hall–Kier alpha value is -2.10. The molecule has 4 nitrogen and oxygen atoms in total. The molecule has 0 amide bonds. The van der Waals surface area contributed by atoms with E-state index in [4.69, 9.17) is 4.74 Å². The van der Waals surface area contributed by atoms with Crippen molar-refractivity contribution in [2.75, 3.05) is 11.9 Å². The van der Waals surface area contributed by atoms with Gasteiger partial charge < -0.3 is 10.1 Å². The van der Waals surface area contributed by atoms with Crippen molar-refractivity contribution in [3.63, 3.8) is 0 Å². The molecule has 2 aliphatic carbocycles. The second-order valence-electron chi connectivity index (χ2n) is 6.44. The molecule has 4 heteroatoms. The van der Waals surface area contributed by atoms with Crippen molar-refractivity contribution in [2.45, 2.75) is 51.5 Å². The van der Waals surface area contributed by atoms with Gasteiger partial charge in [-0.05, 0) is 56.6 Å². The predicted octanol–water partition coefficient (Wildman–Crippen LogP) is 3.33. The zero-order chi connectivity index (χ0) is 15.6. The number of benzene rings is 1. The van der Waals surface area contributed by atoms with Crippen LogP contribution in [-0.2, 0) is 25.7 Å². The highest BCUT2D eigenvalue weighted by molar-refractivity contribution is 5.51. The summed E-state index contributed by atoms with van der Waals surface area (Å²) in [7, 11) is 0. The maximum atomic E-state index is 5.58. The van der Waals surface area contributed by atoms with E-state index in [1.807, 2.05) is 6.92 Å². The summed E-state index contributed by atoms with van der Waals surface area (Å²) < 4.78 is 5.58. The first-order valence-electron chi connectivity index (χ1n) is 8.69. The molecule has 1 N–H and O–H groups in total. The molecule has 0 fully saturated rings. The standard InChI is InChI=1S/C19H23N3O/c1-2-23-19-21-17-10-6-5-9-16(17)18(22-19)20-15-11-13-7-3-4-8-14(13)12-15/h3-4,7-8,15H,2,5-6,9-12H2,1H3,(H,20,21,22). The van der Waals surface area contributed by atoms with Gasteiger partial charge >= 0.3 is 6.01 Å². The number of nitrogens with one attached hydrogen (secondary N) is 1. The molecule has 2 aromatic rings. The minimum Gasteiger partial charge on any atom is -0.464 e. The highest BCUT2D eigenvalue weighted by Crippen LogP contribution is 2.30. The third-order valence-corrected chi connectivity index (χ3v) is 4.83. The molecule has 0 bridgehead atoms. The molecular weight excluding hydrogens is 286 g/mol. The van der Waals surface area contributed by atoms with Gasteiger partial charge in [-0.15, -0.1) is 0 Å². The Morgan fingerprint density at radius 2 is 1.83 bits per heavy atom. The normalized spacial score (nSPS) is 16.7. The quantitative estimate of drug-likeness (QED) is 0.941. The summed E-state index contributed by atoms with van der Waals surface area (Å²) in [6.07, 6.45) is 6.69. The zero-order valence-corrected chi connectivity index (χ0v) is 13.6. The van der Waals surface area contributed by atoms with Crippen LogP contribution in [0, 0.1) is 0 Å². The lowest BCUT2D eigenvalue weighted by atomic mass is 9.96. The average Bonchev–Trinajstić information content (AvgIpc) is 2.97. The Balaban J connectivity index is 1.60. The third-order valence-electron chi connectivity index (χ3n) is 4.83. The van der Waals surface area contributed by atoms with Gasteiger partial charge in [0.25, 0.3) is 0 Å². The minimum absolute atomic E-state index is 0.419. The molecule has 0 aliphatic heterocycles. The molecule has 120 valence electrons. The van der Waals surface area contributed by atoms with E-state index in [2.05, 4.69) is 39.6 Å². The van der Waals surface area contributed by atoms with Gasteiger partial charge in [0, 0.05) is 11.6 Å². The molecule has 2 aliphatic rings. The van der Waals surface area contributed by atoms with Gasteiger partial charge in [-0.3, -0.25) is 0 Å². The molecule has 0 saturated heterocycles. The molecule has 23 heavy (non-hydrogen) atoms. The van der Waals surface area contributed by atoms with Crippen molar-refractivity contribution in [3.8, 4) is 6.01 Å². The van der Waals surface area contributed by atoms with Crippen LogP contribution >= 0.6 is 0 Å². The number of aromatic nitrogens is 2. The van der Waals surface area contributed by atoms with Gasteiger partial charge in [-0.25, -0.2) is 0 Å². The van der Waals surface area contributed by atoms with Crippen LogP contribution in [0.2, 0.25) is 0 Å². The van der Waals surface area contributed by atoms with Gasteiger partial charge in [-0.2, -0.15) is 9.97 Å². The van der Waals surface area contributed by atoms with Crippen molar-refractivity contribution < 1.29 is 4.74 Å². The van der Waals surface area contributed by atoms with Crippen LogP contribution in [-0.4, -0.2) is 22.6 Å². The first-order valence-corrected chi connectivity index (χ1v) is 8.69. The fourth-order valence-corrected chi connectivity index (χ4v) is 3.74. The van der Waals surface area contributed by atoms with E-state index in [1.165, 1.54) is 35.2 Å². The number of fused-ring (bicyclic) bond motifs is 2. The lowest BCUT2D eigenvalue weighted by Gasteiger charge is -2.22. The molecule has 0 spiro atoms. The van der Waals surface area contributed by atoms with Gasteiger partial charge in [-0.1, -0.05) is 24.3 Å². The Morgan fingerprint density at radius 1 is 1.09 bits per heavy atom. The number of rotatable bonds is 4. The summed E-state index contributed by atoms with van der Waals surface area (Å²) in [5, 5.41) is 3.68. The maximum absolute atomic E-state index is 5.58. The number of aryl methyl sites for hydroxylation is 1. The Morgan fingerprint density at radius 3 is 2.57 bits per heavy atom. The first kappa shape index (κ1) is 14.5. The number of hydrogen-bond acceptors (Lipinski definition) is 4. The second kappa shape index (κ2) is 6.19. The fourth-order valence-electron chi connectivity index (χ4n) is 3.74. The smallest absolute Gasteiger partial charge is 0.318 e. The van der Waals surface area contributed by atoms with E-state index < -0.39 is 0 Å². The zero-order valence-electron chi connectivity index (χ0n) is 13.6. The van der Waals surface area contributed by atoms with Gasteiger partial charge in [0.2, 0.25) is 0 Å². The van der Waals surface area contributed by atoms with E-state index in [1.54, 1.807) is 0 Å². The predicted molar refractivity (Wildman–Crippen MR) is 91.1 cm³/mol. The van der Waals surface area contributed by atoms with Crippen molar-refractivity contribution in [3.05, 3.63) is 46.6 Å². The molecule has 1 heterocycles. The van der Waals surface area contributed by atoms with E-state index >= 15 is 0 Å². The average molecular weight is 309 g/mol. The Labute approximate surface area is 137 Å². The number of anilines is 1. The topological polar surface area (TPSA) is 47.0 Å². The van der Waals surface area contributed by atoms with Crippen molar-refractivity contribution in [1.29, 1.82) is 0 Å².